The Bertz CT molecular complexity index is 1310. The van der Waals surface area contributed by atoms with E-state index in [2.05, 4.69) is 46.3 Å². The number of hydrogen-bond acceptors (Lipinski definition) is 5. The molecule has 174 valence electrons. The minimum absolute atomic E-state index is 0.0488. The molecular weight excluding hydrogens is 427 g/mol. The third-order valence-electron chi connectivity index (χ3n) is 5.59. The fourth-order valence-electron chi connectivity index (χ4n) is 3.80. The first-order valence-electron chi connectivity index (χ1n) is 11.4. The summed E-state index contributed by atoms with van der Waals surface area (Å²) in [5.74, 6) is 0.963. The fourth-order valence-corrected chi connectivity index (χ4v) is 3.80. The molecule has 2 aromatic heterocycles. The molecule has 6 nitrogen and oxygen atoms in total. The van der Waals surface area contributed by atoms with Gasteiger partial charge in [0, 0.05) is 5.70 Å². The summed E-state index contributed by atoms with van der Waals surface area (Å²) in [7, 11) is 0. The minimum Gasteiger partial charge on any atom is -0.348 e. The van der Waals surface area contributed by atoms with Crippen LogP contribution in [0.1, 0.15) is 27.2 Å². The van der Waals surface area contributed by atoms with E-state index in [0.717, 1.165) is 17.7 Å². The predicted octanol–water partition coefficient (Wildman–Crippen LogP) is 6.63. The Morgan fingerprint density at radius 3 is 2.85 bits per heavy atom. The van der Waals surface area contributed by atoms with Gasteiger partial charge >= 0.3 is 0 Å². The molecule has 0 fully saturated rings. The number of aromatic nitrogens is 4. The maximum Gasteiger partial charge on any atom is 0.225 e. The number of imidazole rings is 1. The van der Waals surface area contributed by atoms with Crippen LogP contribution >= 0.6 is 0 Å². The van der Waals surface area contributed by atoms with Crippen LogP contribution in [-0.4, -0.2) is 25.6 Å². The Hall–Kier alpha value is -4.00. The van der Waals surface area contributed by atoms with Crippen LogP contribution in [0.5, 0.6) is 0 Å². The maximum atomic E-state index is 14.4. The SMILES string of the molecule is C=C/C(=C\C=C/C)C(C)Nc1ncc2nc(Nc3ccccc3F)n(C3=CC(C)CC=C3)c2n1. The number of hydrogen-bond donors (Lipinski definition) is 2. The second-order valence-electron chi connectivity index (χ2n) is 8.25. The third-order valence-corrected chi connectivity index (χ3v) is 5.59. The van der Waals surface area contributed by atoms with Gasteiger partial charge in [0.15, 0.2) is 5.65 Å². The molecule has 2 atom stereocenters. The predicted molar refractivity (Wildman–Crippen MR) is 138 cm³/mol. The van der Waals surface area contributed by atoms with Crippen molar-refractivity contribution in [3.05, 3.63) is 91.0 Å². The van der Waals surface area contributed by atoms with E-state index in [1.54, 1.807) is 24.4 Å². The molecule has 1 aromatic carbocycles. The number of fused-ring (bicyclic) bond motifs is 1. The van der Waals surface area contributed by atoms with E-state index in [0.29, 0.717) is 34.7 Å². The lowest BCUT2D eigenvalue weighted by atomic mass is 10.0. The summed E-state index contributed by atoms with van der Waals surface area (Å²) in [6.45, 7) is 10.1. The average Bonchev–Trinajstić information content (AvgIpc) is 3.18. The van der Waals surface area contributed by atoms with Gasteiger partial charge in [-0.3, -0.25) is 4.57 Å². The molecule has 0 saturated carbocycles. The molecule has 0 spiro atoms. The Morgan fingerprint density at radius 1 is 1.29 bits per heavy atom. The van der Waals surface area contributed by atoms with Gasteiger partial charge in [-0.05, 0) is 50.0 Å². The summed E-state index contributed by atoms with van der Waals surface area (Å²) < 4.78 is 16.3. The zero-order valence-corrected chi connectivity index (χ0v) is 19.7. The van der Waals surface area contributed by atoms with Crippen molar-refractivity contribution >= 4 is 34.4 Å². The second-order valence-corrected chi connectivity index (χ2v) is 8.25. The van der Waals surface area contributed by atoms with Crippen molar-refractivity contribution in [2.45, 2.75) is 33.2 Å². The molecule has 0 saturated heterocycles. The van der Waals surface area contributed by atoms with Crippen molar-refractivity contribution in [1.29, 1.82) is 0 Å². The molecular formula is C27H29FN6. The van der Waals surface area contributed by atoms with Crippen LogP contribution in [0.25, 0.3) is 16.9 Å². The Labute approximate surface area is 199 Å². The van der Waals surface area contributed by atoms with Crippen molar-refractivity contribution < 1.29 is 4.39 Å². The molecule has 1 aliphatic rings. The van der Waals surface area contributed by atoms with E-state index >= 15 is 0 Å². The molecule has 0 bridgehead atoms. The van der Waals surface area contributed by atoms with Crippen molar-refractivity contribution in [2.75, 3.05) is 10.6 Å². The highest BCUT2D eigenvalue weighted by Crippen LogP contribution is 2.30. The van der Waals surface area contributed by atoms with Crippen LogP contribution in [0.4, 0.5) is 22.0 Å². The molecule has 7 heteroatoms. The summed E-state index contributed by atoms with van der Waals surface area (Å²) in [4.78, 5) is 13.9. The van der Waals surface area contributed by atoms with E-state index in [1.165, 1.54) is 6.07 Å². The van der Waals surface area contributed by atoms with Crippen LogP contribution < -0.4 is 10.6 Å². The number of para-hydroxylation sites is 1. The molecule has 2 N–H and O–H groups in total. The van der Waals surface area contributed by atoms with Gasteiger partial charge in [0.2, 0.25) is 11.9 Å². The van der Waals surface area contributed by atoms with E-state index in [1.807, 2.05) is 48.8 Å². The number of rotatable bonds is 8. The van der Waals surface area contributed by atoms with Crippen molar-refractivity contribution in [3.63, 3.8) is 0 Å². The normalized spacial score (nSPS) is 17.1. The van der Waals surface area contributed by atoms with E-state index < -0.39 is 0 Å². The molecule has 1 aliphatic carbocycles. The lowest BCUT2D eigenvalue weighted by molar-refractivity contribution is 0.631. The van der Waals surface area contributed by atoms with Gasteiger partial charge < -0.3 is 10.6 Å². The molecule has 0 aliphatic heterocycles. The van der Waals surface area contributed by atoms with Crippen molar-refractivity contribution in [1.82, 2.24) is 19.5 Å². The third kappa shape index (κ3) is 4.98. The number of allylic oxidation sites excluding steroid dienone is 7. The molecule has 2 unspecified atom stereocenters. The first-order valence-corrected chi connectivity index (χ1v) is 11.4. The average molecular weight is 457 g/mol. The zero-order chi connectivity index (χ0) is 24.1. The van der Waals surface area contributed by atoms with E-state index in [-0.39, 0.29) is 11.9 Å². The van der Waals surface area contributed by atoms with Crippen molar-refractivity contribution in [3.8, 4) is 0 Å². The minimum atomic E-state index is -0.352. The Balaban J connectivity index is 1.78. The van der Waals surface area contributed by atoms with Gasteiger partial charge in [0.05, 0.1) is 17.9 Å². The number of halogens is 1. The summed E-state index contributed by atoms with van der Waals surface area (Å²) in [5, 5.41) is 6.48. The standard InChI is InChI=1S/C27H29FN6/c1-5-7-12-20(6-2)19(4)30-26-29-17-24-25(33-26)34(21-13-10-11-18(3)16-21)27(32-24)31-23-15-9-8-14-22(23)28/h5-10,12-19H,2,11H2,1,3-4H3,(H,31,32)(H,29,30,33)/b7-5-,20-12+. The fraction of sp³-hybridized carbons (Fsp3) is 0.222. The smallest absolute Gasteiger partial charge is 0.225 e. The number of anilines is 3. The van der Waals surface area contributed by atoms with Gasteiger partial charge in [0.25, 0.3) is 0 Å². The first kappa shape index (κ1) is 23.2. The van der Waals surface area contributed by atoms with Crippen LogP contribution in [0.2, 0.25) is 0 Å². The molecule has 0 radical (unpaired) electrons. The maximum absolute atomic E-state index is 14.4. The molecule has 2 heterocycles. The van der Waals surface area contributed by atoms with E-state index in [9.17, 15) is 4.39 Å². The molecule has 34 heavy (non-hydrogen) atoms. The van der Waals surface area contributed by atoms with Crippen LogP contribution in [0, 0.1) is 11.7 Å². The van der Waals surface area contributed by atoms with Gasteiger partial charge in [-0.15, -0.1) is 0 Å². The van der Waals surface area contributed by atoms with Gasteiger partial charge in [0.1, 0.15) is 11.3 Å². The first-order chi connectivity index (χ1) is 16.5. The van der Waals surface area contributed by atoms with Crippen LogP contribution in [0.3, 0.4) is 0 Å². The van der Waals surface area contributed by atoms with E-state index in [4.69, 9.17) is 4.98 Å². The molecule has 4 rings (SSSR count). The highest BCUT2D eigenvalue weighted by Gasteiger charge is 2.19. The Kier molecular flexibility index (Phi) is 7.01. The number of nitrogens with one attached hydrogen (secondary N) is 2. The number of benzene rings is 1. The summed E-state index contributed by atoms with van der Waals surface area (Å²) in [6, 6.07) is 6.49. The zero-order valence-electron chi connectivity index (χ0n) is 19.7. The topological polar surface area (TPSA) is 67.7 Å². The highest BCUT2D eigenvalue weighted by atomic mass is 19.1. The second kappa shape index (κ2) is 10.3. The molecule has 3 aromatic rings. The van der Waals surface area contributed by atoms with Crippen molar-refractivity contribution in [2.24, 2.45) is 5.92 Å². The van der Waals surface area contributed by atoms with Crippen LogP contribution in [0.15, 0.2) is 85.1 Å². The summed E-state index contributed by atoms with van der Waals surface area (Å²) in [6.07, 6.45) is 16.7. The van der Waals surface area contributed by atoms with Gasteiger partial charge in [-0.25, -0.2) is 14.4 Å². The number of nitrogens with zero attached hydrogens (tertiary/aromatic N) is 4. The Morgan fingerprint density at radius 2 is 2.12 bits per heavy atom. The monoisotopic (exact) mass is 456 g/mol. The van der Waals surface area contributed by atoms with Gasteiger partial charge in [-0.1, -0.05) is 62.1 Å². The summed E-state index contributed by atoms with van der Waals surface area (Å²) in [5.41, 5.74) is 3.53. The molecule has 0 amide bonds. The largest absolute Gasteiger partial charge is 0.348 e. The quantitative estimate of drug-likeness (QED) is 0.372. The highest BCUT2D eigenvalue weighted by molar-refractivity contribution is 5.83. The lowest BCUT2D eigenvalue weighted by Crippen LogP contribution is -2.19. The van der Waals surface area contributed by atoms with Gasteiger partial charge in [-0.2, -0.15) is 4.98 Å². The lowest BCUT2D eigenvalue weighted by Gasteiger charge is -2.17. The summed E-state index contributed by atoms with van der Waals surface area (Å²) >= 11 is 0. The van der Waals surface area contributed by atoms with Crippen LogP contribution in [-0.2, 0) is 0 Å².